The van der Waals surface area contributed by atoms with Crippen molar-refractivity contribution in [3.05, 3.63) is 98.5 Å². The Labute approximate surface area is 220 Å². The summed E-state index contributed by atoms with van der Waals surface area (Å²) in [6.07, 6.45) is 1.49. The summed E-state index contributed by atoms with van der Waals surface area (Å²) < 4.78 is 27.7. The summed E-state index contributed by atoms with van der Waals surface area (Å²) in [5, 5.41) is 4.93. The summed E-state index contributed by atoms with van der Waals surface area (Å²) >= 11 is 18.4. The first-order chi connectivity index (χ1) is 16.6. The molecule has 0 aliphatic carbocycles. The number of nitrogens with zero attached hydrogens (tertiary/aromatic N) is 2. The number of hydrogen-bond donors (Lipinski definition) is 1. The molecule has 3 rings (SSSR count). The number of halogens is 3. The summed E-state index contributed by atoms with van der Waals surface area (Å²) in [4.78, 5) is 12.6. The molecule has 0 fully saturated rings. The molecule has 0 atom stereocenters. The van der Waals surface area contributed by atoms with Crippen molar-refractivity contribution in [3.8, 4) is 0 Å². The lowest BCUT2D eigenvalue weighted by atomic mass is 10.0. The number of rotatable bonds is 9. The Morgan fingerprint density at radius 3 is 2.14 bits per heavy atom. The van der Waals surface area contributed by atoms with E-state index in [9.17, 15) is 13.2 Å². The number of nitrogens with one attached hydrogen (secondary N) is 1. The van der Waals surface area contributed by atoms with Crippen molar-refractivity contribution in [2.75, 3.05) is 6.54 Å². The summed E-state index contributed by atoms with van der Waals surface area (Å²) in [5.74, 6) is -0.221. The van der Waals surface area contributed by atoms with E-state index in [0.29, 0.717) is 16.5 Å². The summed E-state index contributed by atoms with van der Waals surface area (Å²) in [7, 11) is -4.09. The molecule has 0 spiro atoms. The Hall–Kier alpha value is -2.42. The van der Waals surface area contributed by atoms with Gasteiger partial charge in [0, 0.05) is 27.2 Å². The molecule has 1 N–H and O–H groups in total. The van der Waals surface area contributed by atoms with Crippen LogP contribution in [0, 0.1) is 0 Å². The van der Waals surface area contributed by atoms with Gasteiger partial charge in [0.1, 0.15) is 0 Å². The topological polar surface area (TPSA) is 78.8 Å². The van der Waals surface area contributed by atoms with Crippen LogP contribution >= 0.6 is 34.8 Å². The molecule has 0 bridgehead atoms. The summed E-state index contributed by atoms with van der Waals surface area (Å²) in [5.41, 5.74) is 4.75. The molecule has 1 amide bonds. The maximum absolute atomic E-state index is 13.4. The van der Waals surface area contributed by atoms with Gasteiger partial charge in [0.2, 0.25) is 10.0 Å². The molecule has 0 aliphatic heterocycles. The SMILES string of the molecule is CC(C)c1ccc(/C=N\NC(=O)CN(Cc2c(Cl)cccc2Cl)S(=O)(=O)c2ccc(Cl)cc2)cc1. The van der Waals surface area contributed by atoms with Crippen LogP contribution in [0.15, 0.2) is 76.7 Å². The van der Waals surface area contributed by atoms with Crippen LogP contribution in [-0.2, 0) is 21.4 Å². The van der Waals surface area contributed by atoms with E-state index in [4.69, 9.17) is 34.8 Å². The highest BCUT2D eigenvalue weighted by Crippen LogP contribution is 2.28. The van der Waals surface area contributed by atoms with Crippen LogP contribution in [0.3, 0.4) is 0 Å². The minimum Gasteiger partial charge on any atom is -0.272 e. The lowest BCUT2D eigenvalue weighted by molar-refractivity contribution is -0.121. The summed E-state index contributed by atoms with van der Waals surface area (Å²) in [6, 6.07) is 18.3. The number of carbonyl (C=O) groups is 1. The van der Waals surface area contributed by atoms with Gasteiger partial charge in [0.25, 0.3) is 5.91 Å². The van der Waals surface area contributed by atoms with Crippen molar-refractivity contribution in [1.82, 2.24) is 9.73 Å². The molecule has 3 aromatic carbocycles. The number of carbonyl (C=O) groups excluding carboxylic acids is 1. The second-order valence-corrected chi connectivity index (χ2v) is 11.2. The largest absolute Gasteiger partial charge is 0.272 e. The van der Waals surface area contributed by atoms with E-state index in [0.717, 1.165) is 9.87 Å². The number of sulfonamides is 1. The monoisotopic (exact) mass is 551 g/mol. The van der Waals surface area contributed by atoms with Gasteiger partial charge in [-0.1, -0.05) is 79.0 Å². The molecule has 3 aromatic rings. The molecular weight excluding hydrogens is 529 g/mol. The van der Waals surface area contributed by atoms with Crippen molar-refractivity contribution in [1.29, 1.82) is 0 Å². The van der Waals surface area contributed by atoms with Crippen LogP contribution in [0.1, 0.15) is 36.5 Å². The Bertz CT molecular complexity index is 1290. The first kappa shape index (κ1) is 27.2. The third kappa shape index (κ3) is 7.29. The van der Waals surface area contributed by atoms with Gasteiger partial charge in [-0.3, -0.25) is 4.79 Å². The second-order valence-electron chi connectivity index (χ2n) is 8.04. The first-order valence-electron chi connectivity index (χ1n) is 10.7. The maximum atomic E-state index is 13.4. The third-order valence-electron chi connectivity index (χ3n) is 5.17. The van der Waals surface area contributed by atoms with Crippen LogP contribution in [0.25, 0.3) is 0 Å². The van der Waals surface area contributed by atoms with E-state index < -0.39 is 22.5 Å². The molecule has 35 heavy (non-hydrogen) atoms. The van der Waals surface area contributed by atoms with Gasteiger partial charge in [0.05, 0.1) is 17.7 Å². The third-order valence-corrected chi connectivity index (χ3v) is 7.94. The second kappa shape index (κ2) is 12.0. The normalized spacial score (nSPS) is 12.0. The van der Waals surface area contributed by atoms with E-state index >= 15 is 0 Å². The van der Waals surface area contributed by atoms with E-state index in [-0.39, 0.29) is 21.5 Å². The van der Waals surface area contributed by atoms with Crippen molar-refractivity contribution in [2.24, 2.45) is 5.10 Å². The lowest BCUT2D eigenvalue weighted by Gasteiger charge is -2.22. The van der Waals surface area contributed by atoms with Gasteiger partial charge in [-0.2, -0.15) is 9.41 Å². The van der Waals surface area contributed by atoms with Crippen molar-refractivity contribution >= 4 is 56.9 Å². The number of hydrogen-bond acceptors (Lipinski definition) is 4. The van der Waals surface area contributed by atoms with Crippen LogP contribution in [-0.4, -0.2) is 31.4 Å². The molecule has 0 heterocycles. The van der Waals surface area contributed by atoms with Crippen LogP contribution < -0.4 is 5.43 Å². The number of benzene rings is 3. The fourth-order valence-corrected chi connectivity index (χ4v) is 5.19. The fourth-order valence-electron chi connectivity index (χ4n) is 3.18. The molecule has 0 saturated carbocycles. The van der Waals surface area contributed by atoms with Gasteiger partial charge in [-0.25, -0.2) is 13.8 Å². The van der Waals surface area contributed by atoms with E-state index in [1.54, 1.807) is 18.2 Å². The zero-order valence-corrected chi connectivity index (χ0v) is 22.2. The van der Waals surface area contributed by atoms with Gasteiger partial charge >= 0.3 is 0 Å². The zero-order chi connectivity index (χ0) is 25.6. The predicted octanol–water partition coefficient (Wildman–Crippen LogP) is 6.11. The molecule has 0 unspecified atom stereocenters. The van der Waals surface area contributed by atoms with Crippen LogP contribution in [0.5, 0.6) is 0 Å². The van der Waals surface area contributed by atoms with E-state index in [2.05, 4.69) is 24.4 Å². The Balaban J connectivity index is 1.80. The predicted molar refractivity (Wildman–Crippen MR) is 142 cm³/mol. The first-order valence-corrected chi connectivity index (χ1v) is 13.3. The smallest absolute Gasteiger partial charge is 0.255 e. The highest BCUT2D eigenvalue weighted by atomic mass is 35.5. The maximum Gasteiger partial charge on any atom is 0.255 e. The molecule has 0 radical (unpaired) electrons. The molecule has 6 nitrogen and oxygen atoms in total. The number of hydrazone groups is 1. The molecule has 0 aliphatic rings. The molecule has 184 valence electrons. The fraction of sp³-hybridized carbons (Fsp3) is 0.200. The van der Waals surface area contributed by atoms with Gasteiger partial charge in [-0.15, -0.1) is 0 Å². The van der Waals surface area contributed by atoms with Crippen LogP contribution in [0.2, 0.25) is 15.1 Å². The van der Waals surface area contributed by atoms with Crippen LogP contribution in [0.4, 0.5) is 0 Å². The molecular formula is C25H24Cl3N3O3S. The van der Waals surface area contributed by atoms with Gasteiger partial charge in [-0.05, 0) is 53.4 Å². The highest BCUT2D eigenvalue weighted by Gasteiger charge is 2.28. The van der Waals surface area contributed by atoms with Crippen molar-refractivity contribution < 1.29 is 13.2 Å². The molecule has 0 saturated heterocycles. The standard InChI is InChI=1S/C25H24Cl3N3O3S/c1-17(2)19-8-6-18(7-9-19)14-29-30-25(32)16-31(15-22-23(27)4-3-5-24(22)28)35(33,34)21-12-10-20(26)11-13-21/h3-14,17H,15-16H2,1-2H3,(H,30,32)/b29-14-. The van der Waals surface area contributed by atoms with Crippen molar-refractivity contribution in [3.63, 3.8) is 0 Å². The van der Waals surface area contributed by atoms with E-state index in [1.807, 2.05) is 24.3 Å². The van der Waals surface area contributed by atoms with Gasteiger partial charge in [0.15, 0.2) is 0 Å². The Kier molecular flexibility index (Phi) is 9.33. The quantitative estimate of drug-likeness (QED) is 0.257. The minimum absolute atomic E-state index is 0.0216. The zero-order valence-electron chi connectivity index (χ0n) is 19.1. The average molecular weight is 553 g/mol. The van der Waals surface area contributed by atoms with Crippen molar-refractivity contribution in [2.45, 2.75) is 31.2 Å². The number of amides is 1. The Morgan fingerprint density at radius 2 is 1.57 bits per heavy atom. The molecule has 10 heteroatoms. The minimum atomic E-state index is -4.09. The average Bonchev–Trinajstić information content (AvgIpc) is 2.81. The molecule has 0 aromatic heterocycles. The van der Waals surface area contributed by atoms with Gasteiger partial charge < -0.3 is 0 Å². The highest BCUT2D eigenvalue weighted by molar-refractivity contribution is 7.89. The lowest BCUT2D eigenvalue weighted by Crippen LogP contribution is -2.39. The van der Waals surface area contributed by atoms with E-state index in [1.165, 1.54) is 36.0 Å². The summed E-state index contributed by atoms with van der Waals surface area (Å²) in [6.45, 7) is 3.49. The Morgan fingerprint density at radius 1 is 0.971 bits per heavy atom.